The summed E-state index contributed by atoms with van der Waals surface area (Å²) in [5.41, 5.74) is 24.0. The van der Waals surface area contributed by atoms with Crippen LogP contribution >= 0.6 is 7.60 Å². The van der Waals surface area contributed by atoms with E-state index in [1.165, 1.54) is 31.4 Å². The van der Waals surface area contributed by atoms with Crippen LogP contribution in [0.15, 0.2) is 12.7 Å². The van der Waals surface area contributed by atoms with Crippen molar-refractivity contribution >= 4 is 53.5 Å². The van der Waals surface area contributed by atoms with Gasteiger partial charge < -0.3 is 71.7 Å². The molecule has 0 spiro atoms. The van der Waals surface area contributed by atoms with Crippen molar-refractivity contribution in [3.05, 3.63) is 12.7 Å². The highest BCUT2D eigenvalue weighted by Gasteiger charge is 2.47. The van der Waals surface area contributed by atoms with Crippen molar-refractivity contribution in [3.63, 3.8) is 0 Å². The number of nitrogens with zero attached hydrogens (tertiary/aromatic N) is 8. The lowest BCUT2D eigenvalue weighted by Gasteiger charge is -2.19. The van der Waals surface area contributed by atoms with Gasteiger partial charge in [0.25, 0.3) is 0 Å². The molecule has 46 heavy (non-hydrogen) atoms. The lowest BCUT2D eigenvalue weighted by Crippen LogP contribution is -2.34. The Morgan fingerprint density at radius 3 is 1.76 bits per heavy atom. The molecule has 4 aromatic heterocycles. The number of nitrogens with two attached hydrogens (primary N) is 4. The SMILES string of the molecule is CO[C@H]1C(O)[C@@H](CO)O[C@H]1n1cnc2c(N)nc(N)nc21.CO[C@H]1C(O)[C@@H](OCP(=O)(O)O)O[C@H]1n1cnc2c(N)nc(N)nc21. The minimum Gasteiger partial charge on any atom is -0.394 e. The van der Waals surface area contributed by atoms with Crippen molar-refractivity contribution in [3.8, 4) is 0 Å². The standard InChI is InChI=1S/C11H17N6O7P.C11H16N6O4/c1-22-6-5(18)10(23-3-25(19,20)21)24-9(6)17-2-14-4-7(12)15-11(13)16-8(4)17;1-20-7-6(19)4(2-18)21-10(7)17-3-14-5-8(12)15-11(13)16-9(5)17/h2,5-6,9-10,18H,3H2,1H3,(H2,19,20,21)(H4,12,13,15,16);3-4,6-7,10,18-19H,2H2,1H3,(H4,12,13,15,16)/t5?,6-,9+,10-;4-,6?,7+,10-/m01/s1. The Bertz CT molecular complexity index is 1740. The maximum Gasteiger partial charge on any atom is 0.351 e. The summed E-state index contributed by atoms with van der Waals surface area (Å²) in [7, 11) is -1.65. The molecule has 24 heteroatoms. The summed E-state index contributed by atoms with van der Waals surface area (Å²) in [6, 6.07) is 0. The summed E-state index contributed by atoms with van der Waals surface area (Å²) in [4.78, 5) is 41.8. The molecule has 0 bridgehead atoms. The molecular formula is C22H33N12O11P. The number of imidazole rings is 2. The first-order valence-corrected chi connectivity index (χ1v) is 15.1. The van der Waals surface area contributed by atoms with Crippen molar-refractivity contribution < 1.29 is 53.4 Å². The smallest absolute Gasteiger partial charge is 0.351 e. The summed E-state index contributed by atoms with van der Waals surface area (Å²) in [5, 5.41) is 29.6. The van der Waals surface area contributed by atoms with Crippen LogP contribution in [-0.4, -0.2) is 128 Å². The number of aliphatic hydroxyl groups excluding tert-OH is 3. The van der Waals surface area contributed by atoms with Crippen LogP contribution in [0.25, 0.3) is 22.3 Å². The lowest BCUT2D eigenvalue weighted by molar-refractivity contribution is -0.167. The van der Waals surface area contributed by atoms with E-state index in [0.29, 0.717) is 11.2 Å². The molecule has 2 saturated heterocycles. The van der Waals surface area contributed by atoms with Gasteiger partial charge in [0.05, 0.1) is 19.3 Å². The fourth-order valence-electron chi connectivity index (χ4n) is 5.04. The van der Waals surface area contributed by atoms with Crippen LogP contribution in [0.3, 0.4) is 0 Å². The number of aromatic nitrogens is 8. The van der Waals surface area contributed by atoms with Gasteiger partial charge in [-0.15, -0.1) is 0 Å². The number of fused-ring (bicyclic) bond motifs is 2. The zero-order valence-corrected chi connectivity index (χ0v) is 25.1. The molecule has 13 N–H and O–H groups in total. The van der Waals surface area contributed by atoms with E-state index < -0.39 is 63.2 Å². The van der Waals surface area contributed by atoms with Gasteiger partial charge >= 0.3 is 7.60 Å². The van der Waals surface area contributed by atoms with Crippen molar-refractivity contribution in [2.75, 3.05) is 50.1 Å². The van der Waals surface area contributed by atoms with Crippen LogP contribution in [0.5, 0.6) is 0 Å². The molecule has 0 radical (unpaired) electrons. The van der Waals surface area contributed by atoms with Gasteiger partial charge in [-0.25, -0.2) is 9.97 Å². The van der Waals surface area contributed by atoms with Crippen molar-refractivity contribution in [2.24, 2.45) is 0 Å². The molecule has 0 saturated carbocycles. The zero-order chi connectivity index (χ0) is 33.5. The number of methoxy groups -OCH3 is 2. The Hall–Kier alpha value is -3.87. The monoisotopic (exact) mass is 672 g/mol. The molecular weight excluding hydrogens is 639 g/mol. The van der Waals surface area contributed by atoms with Crippen LogP contribution in [0, 0.1) is 0 Å². The highest BCUT2D eigenvalue weighted by molar-refractivity contribution is 7.51. The molecule has 2 aliphatic rings. The molecule has 252 valence electrons. The molecule has 6 rings (SSSR count). The van der Waals surface area contributed by atoms with Crippen molar-refractivity contribution in [2.45, 2.75) is 49.3 Å². The largest absolute Gasteiger partial charge is 0.394 e. The van der Waals surface area contributed by atoms with Gasteiger partial charge in [0, 0.05) is 14.2 Å². The van der Waals surface area contributed by atoms with E-state index in [0.717, 1.165) is 0 Å². The van der Waals surface area contributed by atoms with Crippen LogP contribution in [0.4, 0.5) is 23.5 Å². The van der Waals surface area contributed by atoms with E-state index in [1.807, 2.05) is 0 Å². The van der Waals surface area contributed by atoms with Crippen LogP contribution in [0.2, 0.25) is 0 Å². The van der Waals surface area contributed by atoms with E-state index >= 15 is 0 Å². The summed E-state index contributed by atoms with van der Waals surface area (Å²) in [6.45, 7) is -0.330. The maximum atomic E-state index is 10.9. The third-order valence-corrected chi connectivity index (χ3v) is 7.58. The van der Waals surface area contributed by atoms with E-state index in [2.05, 4.69) is 29.9 Å². The minimum atomic E-state index is -4.43. The molecule has 2 aliphatic heterocycles. The Balaban J connectivity index is 0.000000184. The number of ether oxygens (including phenoxy) is 5. The van der Waals surface area contributed by atoms with Crippen LogP contribution in [0.1, 0.15) is 12.5 Å². The minimum absolute atomic E-state index is 0.00738. The lowest BCUT2D eigenvalue weighted by atomic mass is 10.1. The van der Waals surface area contributed by atoms with Gasteiger partial charge in [0.2, 0.25) is 11.9 Å². The average Bonchev–Trinajstić information content (AvgIpc) is 3.74. The maximum absolute atomic E-state index is 10.9. The number of rotatable bonds is 8. The average molecular weight is 673 g/mol. The first kappa shape index (κ1) is 33.5. The topological polar surface area (TPSA) is 356 Å². The molecule has 8 atom stereocenters. The number of anilines is 4. The highest BCUT2D eigenvalue weighted by atomic mass is 31.2. The Labute approximate surface area is 258 Å². The van der Waals surface area contributed by atoms with Crippen molar-refractivity contribution in [1.29, 1.82) is 0 Å². The number of hydrogen-bond acceptors (Lipinski definition) is 19. The predicted molar refractivity (Wildman–Crippen MR) is 155 cm³/mol. The normalized spacial score (nSPS) is 28.2. The van der Waals surface area contributed by atoms with E-state index in [-0.39, 0.29) is 41.3 Å². The number of aliphatic hydroxyl groups is 3. The Morgan fingerprint density at radius 2 is 1.30 bits per heavy atom. The van der Waals surface area contributed by atoms with Crippen LogP contribution in [-0.2, 0) is 28.2 Å². The van der Waals surface area contributed by atoms with Gasteiger partial charge in [0.15, 0.2) is 48.0 Å². The Kier molecular flexibility index (Phi) is 9.53. The van der Waals surface area contributed by atoms with E-state index in [4.69, 9.17) is 56.4 Å². The molecule has 23 nitrogen and oxygen atoms in total. The molecule has 6 heterocycles. The third kappa shape index (κ3) is 6.38. The molecule has 0 amide bonds. The molecule has 2 unspecified atom stereocenters. The number of nitrogen functional groups attached to an aromatic ring is 4. The molecule has 0 aromatic carbocycles. The highest BCUT2D eigenvalue weighted by Crippen LogP contribution is 2.39. The molecule has 2 fully saturated rings. The molecule has 4 aromatic rings. The first-order valence-electron chi connectivity index (χ1n) is 13.3. The second kappa shape index (κ2) is 13.1. The van der Waals surface area contributed by atoms with E-state index in [1.54, 1.807) is 4.57 Å². The quantitative estimate of drug-likeness (QED) is 0.0824. The van der Waals surface area contributed by atoms with Crippen molar-refractivity contribution in [1.82, 2.24) is 39.0 Å². The summed E-state index contributed by atoms with van der Waals surface area (Å²) >= 11 is 0. The summed E-state index contributed by atoms with van der Waals surface area (Å²) in [6.07, 6.45) is -5.72. The van der Waals surface area contributed by atoms with Gasteiger partial charge in [0.1, 0.15) is 41.6 Å². The fraction of sp³-hybridized carbons (Fsp3) is 0.545. The number of hydrogen-bond donors (Lipinski definition) is 9. The third-order valence-electron chi connectivity index (χ3n) is 7.09. The zero-order valence-electron chi connectivity index (χ0n) is 24.2. The van der Waals surface area contributed by atoms with Gasteiger partial charge in [-0.3, -0.25) is 13.7 Å². The fourth-order valence-corrected chi connectivity index (χ4v) is 5.38. The Morgan fingerprint density at radius 1 is 0.826 bits per heavy atom. The second-order valence-corrected chi connectivity index (χ2v) is 11.7. The predicted octanol–water partition coefficient (Wildman–Crippen LogP) is -3.37. The van der Waals surface area contributed by atoms with Gasteiger partial charge in [-0.1, -0.05) is 0 Å². The van der Waals surface area contributed by atoms with Crippen LogP contribution < -0.4 is 22.9 Å². The second-order valence-electron chi connectivity index (χ2n) is 10.1. The van der Waals surface area contributed by atoms with Gasteiger partial charge in [-0.2, -0.15) is 19.9 Å². The summed E-state index contributed by atoms with van der Waals surface area (Å²) < 4.78 is 40.5. The molecule has 0 aliphatic carbocycles. The van der Waals surface area contributed by atoms with E-state index in [9.17, 15) is 19.9 Å². The van der Waals surface area contributed by atoms with Gasteiger partial charge in [-0.05, 0) is 0 Å². The summed E-state index contributed by atoms with van der Waals surface area (Å²) in [5.74, 6) is 0.159. The first-order chi connectivity index (χ1) is 21.8.